The molecule has 0 aliphatic heterocycles. The molecule has 0 radical (unpaired) electrons. The molecule has 0 aromatic heterocycles. The molecule has 0 saturated heterocycles. The van der Waals surface area contributed by atoms with Gasteiger partial charge in [0.1, 0.15) is 5.75 Å². The molecule has 0 spiro atoms. The van der Waals surface area contributed by atoms with Crippen molar-refractivity contribution in [2.24, 2.45) is 0 Å². The molecule has 0 atom stereocenters. The molecule has 2 aromatic carbocycles. The van der Waals surface area contributed by atoms with Crippen molar-refractivity contribution >= 4 is 27.5 Å². The first kappa shape index (κ1) is 14.6. The highest BCUT2D eigenvalue weighted by Gasteiger charge is 2.06. The second-order valence-electron chi connectivity index (χ2n) is 4.31. The lowest BCUT2D eigenvalue weighted by molar-refractivity contribution is -0.118. The molecular weight excluding hydrogens is 318 g/mol. The van der Waals surface area contributed by atoms with Crippen LogP contribution in [0.4, 0.5) is 5.69 Å². The van der Waals surface area contributed by atoms with Crippen LogP contribution in [0.2, 0.25) is 0 Å². The smallest absolute Gasteiger partial charge is 0.262 e. The molecule has 2 rings (SSSR count). The number of rotatable bonds is 5. The van der Waals surface area contributed by atoms with E-state index in [0.717, 1.165) is 27.9 Å². The summed E-state index contributed by atoms with van der Waals surface area (Å²) in [7, 11) is 0. The third-order valence-corrected chi connectivity index (χ3v) is 3.37. The van der Waals surface area contributed by atoms with Gasteiger partial charge in [-0.3, -0.25) is 4.79 Å². The Kier molecular flexibility index (Phi) is 5.18. The van der Waals surface area contributed by atoms with E-state index >= 15 is 0 Å². The number of carbonyl (C=O) groups is 1. The van der Waals surface area contributed by atoms with Crippen LogP contribution < -0.4 is 10.1 Å². The molecule has 2 aromatic rings. The summed E-state index contributed by atoms with van der Waals surface area (Å²) in [6, 6.07) is 15.2. The molecule has 0 fully saturated rings. The third-order valence-electron chi connectivity index (χ3n) is 2.84. The predicted molar refractivity (Wildman–Crippen MR) is 84.1 cm³/mol. The van der Waals surface area contributed by atoms with Gasteiger partial charge in [-0.05, 0) is 42.3 Å². The number of carbonyl (C=O) groups excluding carboxylic acids is 1. The second-order valence-corrected chi connectivity index (χ2v) is 5.22. The number of hydrogen-bond acceptors (Lipinski definition) is 2. The Bertz CT molecular complexity index is 581. The van der Waals surface area contributed by atoms with Gasteiger partial charge in [-0.2, -0.15) is 0 Å². The zero-order valence-electron chi connectivity index (χ0n) is 11.2. The lowest BCUT2D eigenvalue weighted by Gasteiger charge is -2.10. The average Bonchev–Trinajstić information content (AvgIpc) is 2.48. The normalized spacial score (nSPS) is 10.1. The van der Waals surface area contributed by atoms with Crippen molar-refractivity contribution in [1.82, 2.24) is 0 Å². The van der Waals surface area contributed by atoms with Crippen LogP contribution in [0.3, 0.4) is 0 Å². The maximum Gasteiger partial charge on any atom is 0.262 e. The van der Waals surface area contributed by atoms with Crippen LogP contribution in [0.15, 0.2) is 53.0 Å². The molecule has 104 valence electrons. The highest BCUT2D eigenvalue weighted by atomic mass is 79.9. The lowest BCUT2D eigenvalue weighted by Crippen LogP contribution is -2.20. The van der Waals surface area contributed by atoms with Crippen molar-refractivity contribution < 1.29 is 9.53 Å². The molecule has 0 heterocycles. The number of hydrogen-bond donors (Lipinski definition) is 1. The van der Waals surface area contributed by atoms with Gasteiger partial charge in [0.2, 0.25) is 0 Å². The van der Waals surface area contributed by atoms with E-state index in [9.17, 15) is 4.79 Å². The number of benzene rings is 2. The number of halogens is 1. The predicted octanol–water partition coefficient (Wildman–Crippen LogP) is 4.03. The Morgan fingerprint density at radius 3 is 2.55 bits per heavy atom. The summed E-state index contributed by atoms with van der Waals surface area (Å²) >= 11 is 3.35. The Morgan fingerprint density at radius 1 is 1.15 bits per heavy atom. The quantitative estimate of drug-likeness (QED) is 0.897. The Hall–Kier alpha value is -1.81. The maximum absolute atomic E-state index is 11.8. The third kappa shape index (κ3) is 4.10. The van der Waals surface area contributed by atoms with E-state index in [1.807, 2.05) is 48.5 Å². The Balaban J connectivity index is 1.90. The van der Waals surface area contributed by atoms with E-state index in [2.05, 4.69) is 28.2 Å². The molecule has 4 heteroatoms. The van der Waals surface area contributed by atoms with Crippen molar-refractivity contribution in [2.75, 3.05) is 11.9 Å². The monoisotopic (exact) mass is 333 g/mol. The van der Waals surface area contributed by atoms with Crippen molar-refractivity contribution in [3.8, 4) is 5.75 Å². The largest absolute Gasteiger partial charge is 0.483 e. The van der Waals surface area contributed by atoms with E-state index in [1.165, 1.54) is 0 Å². The van der Waals surface area contributed by atoms with E-state index in [0.29, 0.717) is 0 Å². The minimum absolute atomic E-state index is 0.00702. The van der Waals surface area contributed by atoms with E-state index in [-0.39, 0.29) is 12.5 Å². The molecule has 1 N–H and O–H groups in total. The number of aryl methyl sites for hydroxylation is 1. The number of ether oxygens (including phenoxy) is 1. The fourth-order valence-electron chi connectivity index (χ4n) is 1.81. The molecule has 1 amide bonds. The van der Waals surface area contributed by atoms with Gasteiger partial charge < -0.3 is 10.1 Å². The van der Waals surface area contributed by atoms with E-state index in [1.54, 1.807) is 0 Å². The second kappa shape index (κ2) is 7.10. The van der Waals surface area contributed by atoms with Gasteiger partial charge in [0.25, 0.3) is 5.91 Å². The highest BCUT2D eigenvalue weighted by molar-refractivity contribution is 9.10. The average molecular weight is 334 g/mol. The standard InChI is InChI=1S/C16H16BrNO2/c1-2-12-5-3-4-6-15(12)20-11-16(19)18-14-9-7-13(17)8-10-14/h3-10H,2,11H2,1H3,(H,18,19). The van der Waals surface area contributed by atoms with Crippen LogP contribution in [-0.4, -0.2) is 12.5 Å². The maximum atomic E-state index is 11.8. The molecule has 0 aliphatic carbocycles. The minimum Gasteiger partial charge on any atom is -0.483 e. The van der Waals surface area contributed by atoms with Crippen molar-refractivity contribution in [3.05, 3.63) is 58.6 Å². The Labute approximate surface area is 127 Å². The first-order valence-electron chi connectivity index (χ1n) is 6.45. The van der Waals surface area contributed by atoms with Gasteiger partial charge in [-0.15, -0.1) is 0 Å². The summed E-state index contributed by atoms with van der Waals surface area (Å²) in [6.45, 7) is 2.07. The topological polar surface area (TPSA) is 38.3 Å². The fraction of sp³-hybridized carbons (Fsp3) is 0.188. The number of para-hydroxylation sites is 1. The minimum atomic E-state index is -0.168. The first-order valence-corrected chi connectivity index (χ1v) is 7.24. The van der Waals surface area contributed by atoms with Crippen LogP contribution in [-0.2, 0) is 11.2 Å². The molecule has 0 aliphatic rings. The van der Waals surface area contributed by atoms with Crippen LogP contribution in [0, 0.1) is 0 Å². The zero-order valence-corrected chi connectivity index (χ0v) is 12.8. The molecule has 20 heavy (non-hydrogen) atoms. The van der Waals surface area contributed by atoms with Crippen molar-refractivity contribution in [3.63, 3.8) is 0 Å². The first-order chi connectivity index (χ1) is 9.69. The van der Waals surface area contributed by atoms with E-state index in [4.69, 9.17) is 4.74 Å². The molecular formula is C16H16BrNO2. The summed E-state index contributed by atoms with van der Waals surface area (Å²) < 4.78 is 6.54. The molecule has 0 bridgehead atoms. The zero-order chi connectivity index (χ0) is 14.4. The highest BCUT2D eigenvalue weighted by Crippen LogP contribution is 2.18. The molecule has 3 nitrogen and oxygen atoms in total. The molecule has 0 saturated carbocycles. The Morgan fingerprint density at radius 2 is 1.85 bits per heavy atom. The van der Waals surface area contributed by atoms with Crippen LogP contribution in [0.25, 0.3) is 0 Å². The van der Waals surface area contributed by atoms with Gasteiger partial charge in [-0.25, -0.2) is 0 Å². The van der Waals surface area contributed by atoms with Crippen LogP contribution >= 0.6 is 15.9 Å². The summed E-state index contributed by atoms with van der Waals surface area (Å²) in [5, 5.41) is 2.79. The molecule has 0 unspecified atom stereocenters. The van der Waals surface area contributed by atoms with Gasteiger partial charge in [-0.1, -0.05) is 41.1 Å². The van der Waals surface area contributed by atoms with Gasteiger partial charge >= 0.3 is 0 Å². The number of anilines is 1. The van der Waals surface area contributed by atoms with Gasteiger partial charge in [0, 0.05) is 10.2 Å². The fourth-order valence-corrected chi connectivity index (χ4v) is 2.07. The van der Waals surface area contributed by atoms with Gasteiger partial charge in [0.15, 0.2) is 6.61 Å². The van der Waals surface area contributed by atoms with Crippen LogP contribution in [0.5, 0.6) is 5.75 Å². The van der Waals surface area contributed by atoms with Crippen molar-refractivity contribution in [2.45, 2.75) is 13.3 Å². The summed E-state index contributed by atoms with van der Waals surface area (Å²) in [5.41, 5.74) is 1.86. The van der Waals surface area contributed by atoms with Crippen LogP contribution in [0.1, 0.15) is 12.5 Å². The summed E-state index contributed by atoms with van der Waals surface area (Å²) in [5.74, 6) is 0.596. The lowest BCUT2D eigenvalue weighted by atomic mass is 10.1. The van der Waals surface area contributed by atoms with Gasteiger partial charge in [0.05, 0.1) is 0 Å². The summed E-state index contributed by atoms with van der Waals surface area (Å²) in [4.78, 5) is 11.8. The number of amides is 1. The summed E-state index contributed by atoms with van der Waals surface area (Å²) in [6.07, 6.45) is 0.879. The number of nitrogens with one attached hydrogen (secondary N) is 1. The van der Waals surface area contributed by atoms with Crippen molar-refractivity contribution in [1.29, 1.82) is 0 Å². The van der Waals surface area contributed by atoms with E-state index < -0.39 is 0 Å². The SMILES string of the molecule is CCc1ccccc1OCC(=O)Nc1ccc(Br)cc1.